The van der Waals surface area contributed by atoms with Crippen LogP contribution in [0.1, 0.15) is 0 Å². The molecule has 1 aromatic rings. The highest BCUT2D eigenvalue weighted by Crippen LogP contribution is 2.29. The topological polar surface area (TPSA) is 120 Å². The summed E-state index contributed by atoms with van der Waals surface area (Å²) >= 11 is 0. The maximum atomic E-state index is 12.2. The molecule has 0 fully saturated rings. The van der Waals surface area contributed by atoms with Crippen molar-refractivity contribution in [2.45, 2.75) is 6.36 Å². The molecular formula is C10H13F3N4O3S. The average molecular weight is 326 g/mol. The number of para-hydroxylation sites is 2. The van der Waals surface area contributed by atoms with E-state index >= 15 is 0 Å². The normalized spacial score (nSPS) is 13.0. The minimum Gasteiger partial charge on any atom is -0.404 e. The number of hydrogen-bond acceptors (Lipinski definition) is 4. The number of benzene rings is 1. The zero-order valence-corrected chi connectivity index (χ0v) is 11.4. The van der Waals surface area contributed by atoms with Gasteiger partial charge in [0.1, 0.15) is 0 Å². The Hall–Kier alpha value is -2.01. The summed E-state index contributed by atoms with van der Waals surface area (Å²) in [6.45, 7) is -0.222. The number of nitrogens with one attached hydrogen (secondary N) is 1. The number of nitrogens with two attached hydrogens (primary N) is 2. The molecule has 11 heteroatoms. The van der Waals surface area contributed by atoms with Crippen LogP contribution in [0.3, 0.4) is 0 Å². The first-order valence-electron chi connectivity index (χ1n) is 5.49. The van der Waals surface area contributed by atoms with Gasteiger partial charge in [0.05, 0.1) is 18.0 Å². The molecule has 7 nitrogen and oxygen atoms in total. The maximum Gasteiger partial charge on any atom is 0.573 e. The first-order valence-corrected chi connectivity index (χ1v) is 7.20. The monoisotopic (exact) mass is 326 g/mol. The van der Waals surface area contributed by atoms with Crippen molar-refractivity contribution in [1.29, 1.82) is 0 Å². The Morgan fingerprint density at radius 3 is 2.52 bits per heavy atom. The molecule has 0 aliphatic carbocycles. The molecule has 0 saturated carbocycles. The Morgan fingerprint density at radius 1 is 1.33 bits per heavy atom. The number of sulfonamides is 1. The van der Waals surface area contributed by atoms with Gasteiger partial charge in [-0.15, -0.1) is 13.2 Å². The van der Waals surface area contributed by atoms with Crippen molar-refractivity contribution in [3.05, 3.63) is 24.3 Å². The summed E-state index contributed by atoms with van der Waals surface area (Å²) in [4.78, 5) is 3.63. The van der Waals surface area contributed by atoms with E-state index in [9.17, 15) is 21.6 Å². The smallest absolute Gasteiger partial charge is 0.404 e. The molecule has 0 aliphatic heterocycles. The molecule has 21 heavy (non-hydrogen) atoms. The summed E-state index contributed by atoms with van der Waals surface area (Å²) in [7, 11) is -3.69. The van der Waals surface area contributed by atoms with Gasteiger partial charge in [-0.05, 0) is 12.1 Å². The predicted molar refractivity (Wildman–Crippen MR) is 71.2 cm³/mol. The second-order valence-corrected chi connectivity index (χ2v) is 5.54. The molecule has 0 atom stereocenters. The van der Waals surface area contributed by atoms with Crippen molar-refractivity contribution < 1.29 is 26.3 Å². The molecule has 1 rings (SSSR count). The lowest BCUT2D eigenvalue weighted by Gasteiger charge is -2.14. The number of alkyl halides is 3. The lowest BCUT2D eigenvalue weighted by atomic mass is 10.3. The first-order chi connectivity index (χ1) is 9.57. The van der Waals surface area contributed by atoms with Crippen LogP contribution in [-0.4, -0.2) is 33.0 Å². The molecule has 0 saturated heterocycles. The largest absolute Gasteiger partial charge is 0.573 e. The van der Waals surface area contributed by atoms with E-state index in [1.54, 1.807) is 0 Å². The fourth-order valence-corrected chi connectivity index (χ4v) is 1.60. The van der Waals surface area contributed by atoms with Crippen LogP contribution in [0.25, 0.3) is 0 Å². The van der Waals surface area contributed by atoms with E-state index in [0.29, 0.717) is 0 Å². The van der Waals surface area contributed by atoms with Gasteiger partial charge in [-0.25, -0.2) is 13.6 Å². The van der Waals surface area contributed by atoms with Crippen molar-refractivity contribution in [1.82, 2.24) is 0 Å². The predicted octanol–water partition coefficient (Wildman–Crippen LogP) is 0.600. The molecule has 1 aromatic carbocycles. The van der Waals surface area contributed by atoms with Crippen LogP contribution < -0.4 is 20.9 Å². The van der Waals surface area contributed by atoms with Gasteiger partial charge >= 0.3 is 6.36 Å². The zero-order chi connectivity index (χ0) is 16.1. The summed E-state index contributed by atoms with van der Waals surface area (Å²) in [6.07, 6.45) is -4.85. The number of aliphatic imine (C=N–C) groups is 1. The van der Waals surface area contributed by atoms with Crippen molar-refractivity contribution in [3.63, 3.8) is 0 Å². The molecule has 0 radical (unpaired) electrons. The summed E-state index contributed by atoms with van der Waals surface area (Å²) in [5.74, 6) is -1.19. The van der Waals surface area contributed by atoms with Crippen molar-refractivity contribution in [2.75, 3.05) is 17.6 Å². The molecule has 118 valence electrons. The van der Waals surface area contributed by atoms with Gasteiger partial charge in [0.2, 0.25) is 10.0 Å². The highest BCUT2D eigenvalue weighted by atomic mass is 32.2. The van der Waals surface area contributed by atoms with Gasteiger partial charge in [0.15, 0.2) is 11.7 Å². The average Bonchev–Trinajstić information content (AvgIpc) is 2.28. The summed E-state index contributed by atoms with van der Waals surface area (Å²) in [6, 6.07) is 5.19. The van der Waals surface area contributed by atoms with Crippen molar-refractivity contribution in [2.24, 2.45) is 15.9 Å². The van der Waals surface area contributed by atoms with Crippen LogP contribution in [0.15, 0.2) is 29.3 Å². The number of halogens is 3. The van der Waals surface area contributed by atoms with Crippen LogP contribution >= 0.6 is 0 Å². The minimum absolute atomic E-state index is 0.0633. The third-order valence-electron chi connectivity index (χ3n) is 2.03. The number of anilines is 1. The first kappa shape index (κ1) is 17.0. The summed E-state index contributed by atoms with van der Waals surface area (Å²) < 4.78 is 61.8. The van der Waals surface area contributed by atoms with Gasteiger partial charge < -0.3 is 15.8 Å². The summed E-state index contributed by atoms with van der Waals surface area (Å²) in [5, 5.41) is 7.15. The highest BCUT2D eigenvalue weighted by molar-refractivity contribution is 7.89. The van der Waals surface area contributed by atoms with Crippen molar-refractivity contribution >= 4 is 21.7 Å². The lowest BCUT2D eigenvalue weighted by Crippen LogP contribution is -2.26. The molecule has 0 heterocycles. The SMILES string of the molecule is NC(=NCCS(N)(=O)=O)Nc1ccccc1OC(F)(F)F. The number of guanidine groups is 1. The maximum absolute atomic E-state index is 12.2. The number of primary sulfonamides is 1. The molecule has 0 unspecified atom stereocenters. The van der Waals surface area contributed by atoms with Gasteiger partial charge in [-0.3, -0.25) is 4.99 Å². The third kappa shape index (κ3) is 7.37. The van der Waals surface area contributed by atoms with Crippen LogP contribution in [0.2, 0.25) is 0 Å². The number of hydrogen-bond donors (Lipinski definition) is 3. The quantitative estimate of drug-likeness (QED) is 0.540. The molecule has 0 aromatic heterocycles. The Morgan fingerprint density at radius 2 is 1.95 bits per heavy atom. The fourth-order valence-electron chi connectivity index (χ4n) is 1.25. The molecule has 0 aliphatic rings. The van der Waals surface area contributed by atoms with E-state index < -0.39 is 27.9 Å². The number of ether oxygens (including phenoxy) is 1. The van der Waals surface area contributed by atoms with E-state index in [0.717, 1.165) is 6.07 Å². The van der Waals surface area contributed by atoms with Crippen molar-refractivity contribution in [3.8, 4) is 5.75 Å². The number of rotatable bonds is 5. The van der Waals surface area contributed by atoms with E-state index in [2.05, 4.69) is 15.0 Å². The van der Waals surface area contributed by atoms with E-state index in [4.69, 9.17) is 10.9 Å². The van der Waals surface area contributed by atoms with E-state index in [-0.39, 0.29) is 18.2 Å². The fraction of sp³-hybridized carbons (Fsp3) is 0.300. The lowest BCUT2D eigenvalue weighted by molar-refractivity contribution is -0.274. The third-order valence-corrected chi connectivity index (χ3v) is 2.79. The van der Waals surface area contributed by atoms with E-state index in [1.807, 2.05) is 0 Å². The Kier molecular flexibility index (Phi) is 5.38. The van der Waals surface area contributed by atoms with Crippen LogP contribution in [-0.2, 0) is 10.0 Å². The Labute approximate surface area is 118 Å². The van der Waals surface area contributed by atoms with E-state index in [1.165, 1.54) is 18.2 Å². The van der Waals surface area contributed by atoms with Gasteiger partial charge in [-0.1, -0.05) is 12.1 Å². The Bertz CT molecular complexity index is 616. The van der Waals surface area contributed by atoms with Crippen LogP contribution in [0.5, 0.6) is 5.75 Å². The van der Waals surface area contributed by atoms with Gasteiger partial charge in [0, 0.05) is 0 Å². The minimum atomic E-state index is -4.85. The summed E-state index contributed by atoms with van der Waals surface area (Å²) in [5.41, 5.74) is 5.37. The molecule has 0 amide bonds. The van der Waals surface area contributed by atoms with Crippen LogP contribution in [0.4, 0.5) is 18.9 Å². The molecule has 0 spiro atoms. The van der Waals surface area contributed by atoms with Gasteiger partial charge in [0.25, 0.3) is 0 Å². The van der Waals surface area contributed by atoms with Crippen LogP contribution in [0, 0.1) is 0 Å². The number of nitrogens with zero attached hydrogens (tertiary/aromatic N) is 1. The zero-order valence-electron chi connectivity index (χ0n) is 10.6. The molecular weight excluding hydrogens is 313 g/mol. The highest BCUT2D eigenvalue weighted by Gasteiger charge is 2.32. The second-order valence-electron chi connectivity index (χ2n) is 3.80. The Balaban J connectivity index is 2.76. The van der Waals surface area contributed by atoms with Gasteiger partial charge in [-0.2, -0.15) is 0 Å². The second kappa shape index (κ2) is 6.63. The standard InChI is InChI=1S/C10H13F3N4O3S/c11-10(12,13)20-8-4-2-1-3-7(8)17-9(14)16-5-6-21(15,18)19/h1-4H,5-6H2,(H3,14,16,17)(H2,15,18,19). The molecule has 5 N–H and O–H groups in total. The molecule has 0 bridgehead atoms.